The molecule has 41 heavy (non-hydrogen) atoms. The minimum atomic E-state index is -0.808. The van der Waals surface area contributed by atoms with Crippen molar-refractivity contribution in [2.45, 2.75) is 39.0 Å². The van der Waals surface area contributed by atoms with Gasteiger partial charge in [-0.2, -0.15) is 0 Å². The van der Waals surface area contributed by atoms with E-state index >= 15 is 0 Å². The number of aryl methyl sites for hydroxylation is 2. The maximum absolute atomic E-state index is 14.5. The molecule has 0 aromatic heterocycles. The summed E-state index contributed by atoms with van der Waals surface area (Å²) in [5.41, 5.74) is 3.53. The van der Waals surface area contributed by atoms with Crippen molar-refractivity contribution < 1.29 is 23.8 Å². The lowest BCUT2D eigenvalue weighted by molar-refractivity contribution is -0.130. The van der Waals surface area contributed by atoms with Gasteiger partial charge in [-0.1, -0.05) is 48.5 Å². The smallest absolute Gasteiger partial charge is 0.251 e. The highest BCUT2D eigenvalue weighted by Gasteiger charge is 2.28. The molecule has 1 aliphatic heterocycles. The Morgan fingerprint density at radius 3 is 2.39 bits per heavy atom. The zero-order valence-corrected chi connectivity index (χ0v) is 23.8. The van der Waals surface area contributed by atoms with Gasteiger partial charge in [0.25, 0.3) is 5.91 Å². The SMILES string of the molecule is C=CC(=O)N1CCN(C[C@H](Oc2ccc(C(=O)NC[C@@H](O)c3ccc(C)cc3)cc2)c2ccc(C)c(F)c2)C[C@H]1C. The number of piperazine rings is 1. The van der Waals surface area contributed by atoms with Gasteiger partial charge in [-0.3, -0.25) is 14.5 Å². The lowest BCUT2D eigenvalue weighted by Gasteiger charge is -2.40. The molecule has 0 bridgehead atoms. The fourth-order valence-electron chi connectivity index (χ4n) is 4.95. The first-order valence-electron chi connectivity index (χ1n) is 13.9. The van der Waals surface area contributed by atoms with Crippen LogP contribution in [0, 0.1) is 19.7 Å². The molecule has 1 heterocycles. The van der Waals surface area contributed by atoms with Gasteiger partial charge in [-0.25, -0.2) is 4.39 Å². The Hall–Kier alpha value is -4.01. The van der Waals surface area contributed by atoms with E-state index in [1.807, 2.05) is 44.2 Å². The van der Waals surface area contributed by atoms with Crippen molar-refractivity contribution in [1.82, 2.24) is 15.1 Å². The predicted molar refractivity (Wildman–Crippen MR) is 157 cm³/mol. The van der Waals surface area contributed by atoms with Crippen molar-refractivity contribution in [1.29, 1.82) is 0 Å². The largest absolute Gasteiger partial charge is 0.484 e. The average molecular weight is 560 g/mol. The van der Waals surface area contributed by atoms with E-state index in [4.69, 9.17) is 4.74 Å². The predicted octanol–water partition coefficient (Wildman–Crippen LogP) is 4.74. The number of aliphatic hydroxyl groups excluding tert-OH is 1. The maximum Gasteiger partial charge on any atom is 0.251 e. The van der Waals surface area contributed by atoms with Gasteiger partial charge in [0.15, 0.2) is 0 Å². The minimum absolute atomic E-state index is 0.00646. The van der Waals surface area contributed by atoms with Crippen LogP contribution in [0.3, 0.4) is 0 Å². The van der Waals surface area contributed by atoms with Crippen molar-refractivity contribution in [3.05, 3.63) is 113 Å². The molecular formula is C33H38FN3O4. The number of carbonyl (C=O) groups excluding carboxylic acids is 2. The topological polar surface area (TPSA) is 82.1 Å². The van der Waals surface area contributed by atoms with Crippen LogP contribution in [-0.4, -0.2) is 65.5 Å². The van der Waals surface area contributed by atoms with E-state index in [0.29, 0.717) is 48.6 Å². The van der Waals surface area contributed by atoms with E-state index in [9.17, 15) is 19.1 Å². The molecular weight excluding hydrogens is 521 g/mol. The second kappa shape index (κ2) is 13.6. The Labute approximate surface area is 241 Å². The van der Waals surface area contributed by atoms with Crippen LogP contribution < -0.4 is 10.1 Å². The molecule has 3 aromatic rings. The van der Waals surface area contributed by atoms with Crippen LogP contribution in [0.15, 0.2) is 79.4 Å². The Morgan fingerprint density at radius 1 is 1.07 bits per heavy atom. The highest BCUT2D eigenvalue weighted by Crippen LogP contribution is 2.26. The molecule has 3 aromatic carbocycles. The molecule has 4 rings (SSSR count). The molecule has 7 nitrogen and oxygen atoms in total. The van der Waals surface area contributed by atoms with Crippen LogP contribution in [0.25, 0.3) is 0 Å². The van der Waals surface area contributed by atoms with Crippen molar-refractivity contribution >= 4 is 11.8 Å². The molecule has 0 saturated carbocycles. The monoisotopic (exact) mass is 559 g/mol. The summed E-state index contributed by atoms with van der Waals surface area (Å²) in [6, 6.07) is 19.4. The Bertz CT molecular complexity index is 1360. The van der Waals surface area contributed by atoms with E-state index in [2.05, 4.69) is 16.8 Å². The van der Waals surface area contributed by atoms with Gasteiger partial charge < -0.3 is 20.1 Å². The lowest BCUT2D eigenvalue weighted by atomic mass is 10.0. The van der Waals surface area contributed by atoms with Crippen LogP contribution in [0.4, 0.5) is 4.39 Å². The minimum Gasteiger partial charge on any atom is -0.484 e. The van der Waals surface area contributed by atoms with Gasteiger partial charge in [0.2, 0.25) is 5.91 Å². The molecule has 2 N–H and O–H groups in total. The second-order valence-corrected chi connectivity index (χ2v) is 10.6. The highest BCUT2D eigenvalue weighted by molar-refractivity contribution is 5.94. The fraction of sp³-hybridized carbons (Fsp3) is 0.333. The average Bonchev–Trinajstić information content (AvgIpc) is 2.97. The van der Waals surface area contributed by atoms with Crippen LogP contribution in [0.5, 0.6) is 5.75 Å². The number of halogens is 1. The maximum atomic E-state index is 14.5. The summed E-state index contributed by atoms with van der Waals surface area (Å²) in [4.78, 5) is 28.9. The molecule has 1 aliphatic rings. The molecule has 0 unspecified atom stereocenters. The summed E-state index contributed by atoms with van der Waals surface area (Å²) in [6.45, 7) is 11.8. The van der Waals surface area contributed by atoms with E-state index in [0.717, 1.165) is 11.1 Å². The Balaban J connectivity index is 1.42. The fourth-order valence-corrected chi connectivity index (χ4v) is 4.95. The van der Waals surface area contributed by atoms with Gasteiger partial charge >= 0.3 is 0 Å². The molecule has 1 fully saturated rings. The van der Waals surface area contributed by atoms with Crippen LogP contribution in [0.2, 0.25) is 0 Å². The zero-order valence-electron chi connectivity index (χ0n) is 23.8. The lowest BCUT2D eigenvalue weighted by Crippen LogP contribution is -2.54. The normalized spacial score (nSPS) is 17.0. The first kappa shape index (κ1) is 30.0. The molecule has 0 spiro atoms. The van der Waals surface area contributed by atoms with E-state index in [1.54, 1.807) is 42.2 Å². The Morgan fingerprint density at radius 2 is 1.76 bits per heavy atom. The number of rotatable bonds is 10. The van der Waals surface area contributed by atoms with Gasteiger partial charge in [0, 0.05) is 44.3 Å². The summed E-state index contributed by atoms with van der Waals surface area (Å²) in [6.07, 6.45) is 0.0593. The van der Waals surface area contributed by atoms with Crippen molar-refractivity contribution in [2.75, 3.05) is 32.7 Å². The summed E-state index contributed by atoms with van der Waals surface area (Å²) in [5, 5.41) is 13.2. The van der Waals surface area contributed by atoms with Crippen molar-refractivity contribution in [3.8, 4) is 5.75 Å². The molecule has 1 saturated heterocycles. The number of amides is 2. The Kier molecular flexibility index (Phi) is 9.91. The van der Waals surface area contributed by atoms with Crippen LogP contribution in [-0.2, 0) is 4.79 Å². The highest BCUT2D eigenvalue weighted by atomic mass is 19.1. The summed E-state index contributed by atoms with van der Waals surface area (Å²) >= 11 is 0. The first-order valence-corrected chi connectivity index (χ1v) is 13.9. The van der Waals surface area contributed by atoms with E-state index in [-0.39, 0.29) is 30.2 Å². The van der Waals surface area contributed by atoms with Gasteiger partial charge in [-0.05, 0) is 73.9 Å². The summed E-state index contributed by atoms with van der Waals surface area (Å²) in [5.74, 6) is -0.147. The number of nitrogens with zero attached hydrogens (tertiary/aromatic N) is 2. The second-order valence-electron chi connectivity index (χ2n) is 10.6. The zero-order chi connectivity index (χ0) is 29.5. The summed E-state index contributed by atoms with van der Waals surface area (Å²) in [7, 11) is 0. The molecule has 0 radical (unpaired) electrons. The van der Waals surface area contributed by atoms with E-state index < -0.39 is 12.2 Å². The number of hydrogen-bond donors (Lipinski definition) is 2. The number of ether oxygens (including phenoxy) is 1. The molecule has 216 valence electrons. The van der Waals surface area contributed by atoms with Gasteiger partial charge in [-0.15, -0.1) is 0 Å². The number of aliphatic hydroxyl groups is 1. The van der Waals surface area contributed by atoms with E-state index in [1.165, 1.54) is 12.1 Å². The molecule has 8 heteroatoms. The number of hydrogen-bond acceptors (Lipinski definition) is 5. The molecule has 0 aliphatic carbocycles. The van der Waals surface area contributed by atoms with Gasteiger partial charge in [0.05, 0.1) is 6.10 Å². The summed E-state index contributed by atoms with van der Waals surface area (Å²) < 4.78 is 20.9. The first-order chi connectivity index (χ1) is 19.6. The number of benzene rings is 3. The third kappa shape index (κ3) is 7.80. The quantitative estimate of drug-likeness (QED) is 0.351. The van der Waals surface area contributed by atoms with Crippen LogP contribution >= 0.6 is 0 Å². The van der Waals surface area contributed by atoms with Crippen molar-refractivity contribution in [2.24, 2.45) is 0 Å². The third-order valence-electron chi connectivity index (χ3n) is 7.47. The van der Waals surface area contributed by atoms with Gasteiger partial charge in [0.1, 0.15) is 17.7 Å². The molecule has 3 atom stereocenters. The van der Waals surface area contributed by atoms with Crippen LogP contribution in [0.1, 0.15) is 51.7 Å². The molecule has 2 amide bonds. The standard InChI is InChI=1S/C33H38FN3O4/c1-5-32(39)37-17-16-36(20-24(37)4)21-31(27-11-8-23(3)29(34)18-27)41-28-14-12-26(13-15-28)33(40)35-19-30(38)25-9-6-22(2)7-10-25/h5-15,18,24,30-31,38H,1,16-17,19-21H2,2-4H3,(H,35,40)/t24-,30-,31+/m1/s1. The van der Waals surface area contributed by atoms with Crippen molar-refractivity contribution in [3.63, 3.8) is 0 Å². The number of nitrogens with one attached hydrogen (secondary N) is 1. The third-order valence-corrected chi connectivity index (χ3v) is 7.47. The number of carbonyl (C=O) groups is 2.